The van der Waals surface area contributed by atoms with Gasteiger partial charge in [0.05, 0.1) is 44.5 Å². The molecule has 7 rings (SSSR count). The molecule has 0 radical (unpaired) electrons. The van der Waals surface area contributed by atoms with Gasteiger partial charge in [-0.3, -0.25) is 0 Å². The maximum absolute atomic E-state index is 16.1. The van der Waals surface area contributed by atoms with Crippen molar-refractivity contribution in [3.8, 4) is 39.8 Å². The summed E-state index contributed by atoms with van der Waals surface area (Å²) in [6.45, 7) is 4.26. The second-order valence-corrected chi connectivity index (χ2v) is 20.8. The Morgan fingerprint density at radius 2 is 1.37 bits per heavy atom. The van der Waals surface area contributed by atoms with Crippen molar-refractivity contribution >= 4 is 38.2 Å². The molecular weight excluding hydrogens is 915 g/mol. The highest BCUT2D eigenvalue weighted by molar-refractivity contribution is 7.94. The zero-order valence-corrected chi connectivity index (χ0v) is 39.8. The number of primary amides is 1. The van der Waals surface area contributed by atoms with Gasteiger partial charge in [0, 0.05) is 26.2 Å². The number of amides is 3. The van der Waals surface area contributed by atoms with Gasteiger partial charge < -0.3 is 29.6 Å². The first-order valence-corrected chi connectivity index (χ1v) is 24.1. The Morgan fingerprint density at radius 1 is 0.809 bits per heavy atom. The van der Waals surface area contributed by atoms with E-state index in [-0.39, 0.29) is 49.7 Å². The molecule has 1 aliphatic rings. The van der Waals surface area contributed by atoms with Gasteiger partial charge >= 0.3 is 12.1 Å². The number of aromatic nitrogens is 4. The number of nitrogens with two attached hydrogens (primary N) is 1. The van der Waals surface area contributed by atoms with Crippen molar-refractivity contribution in [2.24, 2.45) is 10.8 Å². The number of ether oxygens (including phenoxy) is 4. The molecule has 0 unspecified atom stereocenters. The zero-order chi connectivity index (χ0) is 48.8. The lowest BCUT2D eigenvalue weighted by Gasteiger charge is -2.39. The quantitative estimate of drug-likeness (QED) is 0.0805. The average Bonchev–Trinajstić information content (AvgIpc) is 3.75. The molecule has 0 spiro atoms. The van der Waals surface area contributed by atoms with Crippen molar-refractivity contribution < 1.29 is 45.4 Å². The molecule has 1 aliphatic heterocycles. The fraction of sp³-hybridized carbons (Fsp3) is 0.277. The van der Waals surface area contributed by atoms with E-state index in [1.54, 1.807) is 113 Å². The lowest BCUT2D eigenvalue weighted by molar-refractivity contribution is 0.0139. The van der Waals surface area contributed by atoms with Crippen LogP contribution in [0, 0.1) is 0 Å². The summed E-state index contributed by atoms with van der Waals surface area (Å²) >= 11 is 0. The van der Waals surface area contributed by atoms with E-state index in [1.807, 2.05) is 12.1 Å². The number of sulfonamides is 1. The number of urea groups is 1. The van der Waals surface area contributed by atoms with E-state index >= 15 is 16.8 Å². The van der Waals surface area contributed by atoms with Gasteiger partial charge in [-0.05, 0) is 108 Å². The van der Waals surface area contributed by atoms with E-state index < -0.39 is 52.6 Å². The van der Waals surface area contributed by atoms with Gasteiger partial charge in [0.1, 0.15) is 33.0 Å². The van der Waals surface area contributed by atoms with Crippen LogP contribution < -0.4 is 25.4 Å². The molecule has 3 N–H and O–H groups in total. The van der Waals surface area contributed by atoms with E-state index in [1.165, 1.54) is 46.6 Å². The number of benzene rings is 5. The molecule has 68 heavy (non-hydrogen) atoms. The SMILES string of the molecule is COc1ccc(CN(Cc2ccc(OC)cc2)S(=O)(=O)c2c(S(=O)(=O)C3CN(C(=O)OC(C)(C)C)C3)ccc(-c3cccc(/C=N/NC(N)=O)c3)c2-c2nnn(Cc3ccc(OC)cc3)n2)cc1. The van der Waals surface area contributed by atoms with Crippen LogP contribution in [-0.4, -0.2) is 110 Å². The summed E-state index contributed by atoms with van der Waals surface area (Å²) in [6.07, 6.45) is 0.636. The molecule has 1 aromatic heterocycles. The zero-order valence-electron chi connectivity index (χ0n) is 38.2. The third-order valence-corrected chi connectivity index (χ3v) is 14.9. The van der Waals surface area contributed by atoms with Crippen LogP contribution in [-0.2, 0) is 44.2 Å². The van der Waals surface area contributed by atoms with E-state index in [4.69, 9.17) is 29.8 Å². The second-order valence-electron chi connectivity index (χ2n) is 16.7. The first kappa shape index (κ1) is 48.6. The molecular formula is C47H51N9O10S2. The molecule has 1 fully saturated rings. The first-order valence-electron chi connectivity index (χ1n) is 21.1. The minimum atomic E-state index is -4.95. The summed E-state index contributed by atoms with van der Waals surface area (Å²) in [5.41, 5.74) is 9.37. The maximum atomic E-state index is 16.1. The number of carbonyl (C=O) groups excluding carboxylic acids is 2. The number of sulfone groups is 1. The molecule has 19 nitrogen and oxygen atoms in total. The Hall–Kier alpha value is -7.36. The summed E-state index contributed by atoms with van der Waals surface area (Å²) in [6, 6.07) is 29.4. The fourth-order valence-electron chi connectivity index (χ4n) is 7.28. The summed E-state index contributed by atoms with van der Waals surface area (Å²) in [5.74, 6) is 1.52. The minimum Gasteiger partial charge on any atom is -0.497 e. The number of likely N-dealkylation sites (tertiary alicyclic amines) is 1. The normalized spacial score (nSPS) is 13.3. The number of rotatable bonds is 17. The lowest BCUT2D eigenvalue weighted by atomic mass is 9.97. The Morgan fingerprint density at radius 3 is 1.90 bits per heavy atom. The molecule has 5 aromatic carbocycles. The van der Waals surface area contributed by atoms with Crippen LogP contribution >= 0.6 is 0 Å². The van der Waals surface area contributed by atoms with Crippen molar-refractivity contribution in [2.75, 3.05) is 34.4 Å². The monoisotopic (exact) mass is 965 g/mol. The van der Waals surface area contributed by atoms with Crippen LogP contribution in [0.4, 0.5) is 9.59 Å². The standard InChI is InChI=1S/C47H51N9O10S2/c1-47(2,3)66-46(58)54-29-39(30-54)67(59,60)41-23-22-40(35-9-7-8-34(24-35)25-49-51-45(48)57)42(44-50-53-56(52-44)28-33-14-20-38(65-6)21-15-33)43(41)68(61,62)55(26-31-10-16-36(63-4)17-11-31)27-32-12-18-37(64-5)19-13-32/h7-25,39H,26-30H2,1-6H3,(H3,48,51,57)/b49-25+. The second kappa shape index (κ2) is 20.2. The van der Waals surface area contributed by atoms with Gasteiger partial charge in [-0.2, -0.15) is 14.2 Å². The van der Waals surface area contributed by atoms with Gasteiger partial charge in [-0.15, -0.1) is 10.2 Å². The highest BCUT2D eigenvalue weighted by atomic mass is 32.2. The number of carbonyl (C=O) groups is 2. The smallest absolute Gasteiger partial charge is 0.410 e. The number of methoxy groups -OCH3 is 3. The molecule has 356 valence electrons. The predicted molar refractivity (Wildman–Crippen MR) is 252 cm³/mol. The maximum Gasteiger partial charge on any atom is 0.410 e. The number of hydrazone groups is 1. The van der Waals surface area contributed by atoms with Gasteiger partial charge in [0.25, 0.3) is 0 Å². The molecule has 6 aromatic rings. The minimum absolute atomic E-state index is 0.106. The van der Waals surface area contributed by atoms with Crippen LogP contribution in [0.3, 0.4) is 0 Å². The molecule has 0 bridgehead atoms. The van der Waals surface area contributed by atoms with Crippen LogP contribution in [0.2, 0.25) is 0 Å². The number of tetrazole rings is 1. The van der Waals surface area contributed by atoms with E-state index in [0.717, 1.165) is 5.56 Å². The third-order valence-electron chi connectivity index (χ3n) is 10.7. The molecule has 2 heterocycles. The van der Waals surface area contributed by atoms with Crippen LogP contribution in [0.5, 0.6) is 17.2 Å². The first-order chi connectivity index (χ1) is 32.4. The summed E-state index contributed by atoms with van der Waals surface area (Å²) in [5, 5.41) is 16.1. The fourth-order valence-corrected chi connectivity index (χ4v) is 11.4. The number of hydrogen-bond donors (Lipinski definition) is 2. The van der Waals surface area contributed by atoms with Crippen molar-refractivity contribution in [3.63, 3.8) is 0 Å². The average molecular weight is 966 g/mol. The Balaban J connectivity index is 1.47. The highest BCUT2D eigenvalue weighted by Crippen LogP contribution is 2.43. The van der Waals surface area contributed by atoms with Crippen LogP contribution in [0.1, 0.15) is 43.0 Å². The predicted octanol–water partition coefficient (Wildman–Crippen LogP) is 5.87. The van der Waals surface area contributed by atoms with E-state index in [0.29, 0.717) is 39.5 Å². The molecule has 21 heteroatoms. The van der Waals surface area contributed by atoms with Crippen molar-refractivity contribution in [1.82, 2.24) is 34.8 Å². The molecule has 0 saturated carbocycles. The topological polar surface area (TPSA) is 240 Å². The van der Waals surface area contributed by atoms with Crippen LogP contribution in [0.15, 0.2) is 124 Å². The van der Waals surface area contributed by atoms with Crippen molar-refractivity contribution in [1.29, 1.82) is 0 Å². The van der Waals surface area contributed by atoms with Crippen molar-refractivity contribution in [2.45, 2.75) is 61.0 Å². The number of nitrogens with zero attached hydrogens (tertiary/aromatic N) is 7. The van der Waals surface area contributed by atoms with Crippen LogP contribution in [0.25, 0.3) is 22.5 Å². The highest BCUT2D eigenvalue weighted by Gasteiger charge is 2.46. The van der Waals surface area contributed by atoms with Gasteiger partial charge in [-0.1, -0.05) is 60.7 Å². The van der Waals surface area contributed by atoms with Gasteiger partial charge in [-0.25, -0.2) is 31.9 Å². The van der Waals surface area contributed by atoms with Gasteiger partial charge in [0.15, 0.2) is 9.84 Å². The Kier molecular flexibility index (Phi) is 14.5. The summed E-state index contributed by atoms with van der Waals surface area (Å²) < 4.78 is 85.2. The van der Waals surface area contributed by atoms with E-state index in [9.17, 15) is 9.59 Å². The number of nitrogens with one attached hydrogen (secondary N) is 1. The Labute approximate surface area is 394 Å². The summed E-state index contributed by atoms with van der Waals surface area (Å²) in [7, 11) is -4.95. The van der Waals surface area contributed by atoms with E-state index in [2.05, 4.69) is 20.8 Å². The molecule has 0 atom stereocenters. The lowest BCUT2D eigenvalue weighted by Crippen LogP contribution is -2.57. The molecule has 1 saturated heterocycles. The molecule has 0 aliphatic carbocycles. The Bertz CT molecular complexity index is 2970. The van der Waals surface area contributed by atoms with Gasteiger partial charge in [0.2, 0.25) is 15.8 Å². The largest absolute Gasteiger partial charge is 0.497 e. The third kappa shape index (κ3) is 11.2. The van der Waals surface area contributed by atoms with Crippen molar-refractivity contribution in [3.05, 3.63) is 131 Å². The number of hydrogen-bond acceptors (Lipinski definition) is 14. The molecule has 3 amide bonds. The summed E-state index contributed by atoms with van der Waals surface area (Å²) in [4.78, 5) is 25.9.